The summed E-state index contributed by atoms with van der Waals surface area (Å²) in [5, 5.41) is 3.50. The number of amides is 1. The van der Waals surface area contributed by atoms with Crippen LogP contribution >= 0.6 is 0 Å². The van der Waals surface area contributed by atoms with E-state index in [0.717, 1.165) is 38.4 Å². The standard InChI is InChI=1S/C23H32N4O/c1-4-19-8-10-20(11-9-19)23(18(2)3)25-17-22(28)27-15-13-26(14-16-27)21-7-5-6-12-24-21/h5-12,18,23,25H,4,13-17H2,1-3H3/t23-/m1/s1. The van der Waals surface area contributed by atoms with Gasteiger partial charge in [-0.2, -0.15) is 0 Å². The summed E-state index contributed by atoms with van der Waals surface area (Å²) in [4.78, 5) is 21.3. The van der Waals surface area contributed by atoms with Crippen LogP contribution in [-0.4, -0.2) is 48.5 Å². The molecule has 0 saturated carbocycles. The average Bonchev–Trinajstić information content (AvgIpc) is 2.74. The lowest BCUT2D eigenvalue weighted by molar-refractivity contribution is -0.130. The molecule has 1 aliphatic rings. The maximum atomic E-state index is 12.7. The number of hydrogen-bond donors (Lipinski definition) is 1. The van der Waals surface area contributed by atoms with Crippen molar-refractivity contribution in [2.75, 3.05) is 37.6 Å². The van der Waals surface area contributed by atoms with Crippen LogP contribution in [0.4, 0.5) is 5.82 Å². The van der Waals surface area contributed by atoms with Crippen LogP contribution in [-0.2, 0) is 11.2 Å². The number of benzene rings is 1. The number of hydrogen-bond acceptors (Lipinski definition) is 4. The van der Waals surface area contributed by atoms with Gasteiger partial charge >= 0.3 is 0 Å². The first-order chi connectivity index (χ1) is 13.6. The van der Waals surface area contributed by atoms with Crippen molar-refractivity contribution < 1.29 is 4.79 Å². The fourth-order valence-corrected chi connectivity index (χ4v) is 3.73. The second-order valence-electron chi connectivity index (χ2n) is 7.75. The predicted octanol–water partition coefficient (Wildman–Crippen LogP) is 3.28. The van der Waals surface area contributed by atoms with E-state index < -0.39 is 0 Å². The molecule has 1 atom stereocenters. The number of carbonyl (C=O) groups is 1. The van der Waals surface area contributed by atoms with Gasteiger partial charge in [0.2, 0.25) is 5.91 Å². The number of pyridine rings is 1. The van der Waals surface area contributed by atoms with Crippen molar-refractivity contribution in [2.24, 2.45) is 5.92 Å². The van der Waals surface area contributed by atoms with Crippen LogP contribution in [0, 0.1) is 5.92 Å². The number of anilines is 1. The molecule has 28 heavy (non-hydrogen) atoms. The lowest BCUT2D eigenvalue weighted by Gasteiger charge is -2.36. The van der Waals surface area contributed by atoms with E-state index in [-0.39, 0.29) is 11.9 Å². The Bertz CT molecular complexity index is 737. The van der Waals surface area contributed by atoms with Crippen LogP contribution in [0.5, 0.6) is 0 Å². The van der Waals surface area contributed by atoms with Crippen LogP contribution in [0.2, 0.25) is 0 Å². The molecule has 3 rings (SSSR count). The number of nitrogens with one attached hydrogen (secondary N) is 1. The summed E-state index contributed by atoms with van der Waals surface area (Å²) in [7, 11) is 0. The lowest BCUT2D eigenvalue weighted by atomic mass is 9.95. The first kappa shape index (κ1) is 20.3. The second kappa shape index (κ2) is 9.69. The van der Waals surface area contributed by atoms with Crippen molar-refractivity contribution in [3.63, 3.8) is 0 Å². The van der Waals surface area contributed by atoms with E-state index in [1.165, 1.54) is 11.1 Å². The Kier molecular flexibility index (Phi) is 7.04. The Morgan fingerprint density at radius 3 is 2.36 bits per heavy atom. The Balaban J connectivity index is 1.52. The smallest absolute Gasteiger partial charge is 0.236 e. The Morgan fingerprint density at radius 1 is 1.07 bits per heavy atom. The monoisotopic (exact) mass is 380 g/mol. The van der Waals surface area contributed by atoms with Gasteiger partial charge in [0, 0.05) is 38.4 Å². The molecule has 1 N–H and O–H groups in total. The Hall–Kier alpha value is -2.40. The van der Waals surface area contributed by atoms with Crippen molar-refractivity contribution >= 4 is 11.7 Å². The molecule has 2 heterocycles. The third-order valence-electron chi connectivity index (χ3n) is 5.49. The van der Waals surface area contributed by atoms with Crippen molar-refractivity contribution in [2.45, 2.75) is 33.2 Å². The van der Waals surface area contributed by atoms with Crippen LogP contribution < -0.4 is 10.2 Å². The topological polar surface area (TPSA) is 48.5 Å². The highest BCUT2D eigenvalue weighted by Gasteiger charge is 2.23. The molecular weight excluding hydrogens is 348 g/mol. The van der Waals surface area contributed by atoms with Crippen LogP contribution in [0.3, 0.4) is 0 Å². The molecular formula is C23H32N4O. The highest BCUT2D eigenvalue weighted by atomic mass is 16.2. The first-order valence-corrected chi connectivity index (χ1v) is 10.3. The number of carbonyl (C=O) groups excluding carboxylic acids is 1. The summed E-state index contributed by atoms with van der Waals surface area (Å²) in [6, 6.07) is 14.9. The zero-order valence-electron chi connectivity index (χ0n) is 17.3. The molecule has 2 aromatic rings. The van der Waals surface area contributed by atoms with E-state index in [2.05, 4.69) is 60.2 Å². The Labute approximate surface area is 168 Å². The fraction of sp³-hybridized carbons (Fsp3) is 0.478. The van der Waals surface area contributed by atoms with Gasteiger partial charge in [-0.1, -0.05) is 51.1 Å². The summed E-state index contributed by atoms with van der Waals surface area (Å²) in [6.07, 6.45) is 2.86. The molecule has 5 nitrogen and oxygen atoms in total. The fourth-order valence-electron chi connectivity index (χ4n) is 3.73. The maximum Gasteiger partial charge on any atom is 0.236 e. The molecule has 1 fully saturated rings. The van der Waals surface area contributed by atoms with Crippen LogP contribution in [0.1, 0.15) is 37.9 Å². The molecule has 0 aliphatic carbocycles. The van der Waals surface area contributed by atoms with Gasteiger partial charge in [-0.05, 0) is 35.6 Å². The van der Waals surface area contributed by atoms with Gasteiger partial charge in [-0.15, -0.1) is 0 Å². The summed E-state index contributed by atoms with van der Waals surface area (Å²) < 4.78 is 0. The van der Waals surface area contributed by atoms with Crippen LogP contribution in [0.25, 0.3) is 0 Å². The van der Waals surface area contributed by atoms with E-state index in [0.29, 0.717) is 12.5 Å². The van der Waals surface area contributed by atoms with E-state index in [4.69, 9.17) is 0 Å². The molecule has 1 amide bonds. The first-order valence-electron chi connectivity index (χ1n) is 10.3. The minimum atomic E-state index is 0.177. The van der Waals surface area contributed by atoms with E-state index >= 15 is 0 Å². The molecule has 1 aromatic heterocycles. The zero-order chi connectivity index (χ0) is 19.9. The third-order valence-corrected chi connectivity index (χ3v) is 5.49. The number of rotatable bonds is 7. The van der Waals surface area contributed by atoms with Gasteiger partial charge in [0.05, 0.1) is 6.54 Å². The highest BCUT2D eigenvalue weighted by Crippen LogP contribution is 2.22. The lowest BCUT2D eigenvalue weighted by Crippen LogP contribution is -2.51. The summed E-state index contributed by atoms with van der Waals surface area (Å²) in [6.45, 7) is 10.1. The quantitative estimate of drug-likeness (QED) is 0.801. The largest absolute Gasteiger partial charge is 0.353 e. The van der Waals surface area contributed by atoms with Gasteiger partial charge in [0.25, 0.3) is 0 Å². The van der Waals surface area contributed by atoms with Gasteiger partial charge in [0.1, 0.15) is 5.82 Å². The molecule has 150 valence electrons. The summed E-state index contributed by atoms with van der Waals surface area (Å²) >= 11 is 0. The van der Waals surface area contributed by atoms with Gasteiger partial charge in [-0.25, -0.2) is 4.98 Å². The third kappa shape index (κ3) is 5.10. The summed E-state index contributed by atoms with van der Waals surface area (Å²) in [5.74, 6) is 1.58. The molecule has 1 aliphatic heterocycles. The Morgan fingerprint density at radius 2 is 1.79 bits per heavy atom. The van der Waals surface area contributed by atoms with E-state index in [9.17, 15) is 4.79 Å². The highest BCUT2D eigenvalue weighted by molar-refractivity contribution is 5.78. The molecule has 0 bridgehead atoms. The van der Waals surface area contributed by atoms with Gasteiger partial charge in [-0.3, -0.25) is 4.79 Å². The summed E-state index contributed by atoms with van der Waals surface area (Å²) in [5.41, 5.74) is 2.59. The van der Waals surface area contributed by atoms with Crippen molar-refractivity contribution in [3.8, 4) is 0 Å². The number of aryl methyl sites for hydroxylation is 1. The second-order valence-corrected chi connectivity index (χ2v) is 7.75. The minimum Gasteiger partial charge on any atom is -0.353 e. The van der Waals surface area contributed by atoms with Crippen molar-refractivity contribution in [1.29, 1.82) is 0 Å². The van der Waals surface area contributed by atoms with Gasteiger partial charge < -0.3 is 15.1 Å². The number of nitrogens with zero attached hydrogens (tertiary/aromatic N) is 3. The van der Waals surface area contributed by atoms with Crippen molar-refractivity contribution in [3.05, 3.63) is 59.8 Å². The molecule has 1 aromatic carbocycles. The number of aromatic nitrogens is 1. The predicted molar refractivity (Wildman–Crippen MR) is 114 cm³/mol. The number of piperazine rings is 1. The zero-order valence-corrected chi connectivity index (χ0v) is 17.3. The molecule has 5 heteroatoms. The van der Waals surface area contributed by atoms with Crippen molar-refractivity contribution in [1.82, 2.24) is 15.2 Å². The van der Waals surface area contributed by atoms with Crippen LogP contribution in [0.15, 0.2) is 48.7 Å². The minimum absolute atomic E-state index is 0.177. The maximum absolute atomic E-state index is 12.7. The average molecular weight is 381 g/mol. The molecule has 1 saturated heterocycles. The molecule has 0 unspecified atom stereocenters. The normalized spacial score (nSPS) is 15.7. The van der Waals surface area contributed by atoms with E-state index in [1.54, 1.807) is 0 Å². The molecule has 0 spiro atoms. The van der Waals surface area contributed by atoms with E-state index in [1.807, 2.05) is 29.3 Å². The molecule has 0 radical (unpaired) electrons. The SMILES string of the molecule is CCc1ccc([C@H](NCC(=O)N2CCN(c3ccccn3)CC2)C(C)C)cc1. The van der Waals surface area contributed by atoms with Gasteiger partial charge in [0.15, 0.2) is 0 Å².